The zero-order valence-corrected chi connectivity index (χ0v) is 8.17. The standard InChI is InChI=1S/C9H8BrNO/c1-9(12,6-11)7-2-4-8(10)5-3-7/h2-5,12H,1H3. The number of hydrogen-bond donors (Lipinski definition) is 1. The summed E-state index contributed by atoms with van der Waals surface area (Å²) in [6.07, 6.45) is 0. The number of rotatable bonds is 1. The molecule has 0 saturated heterocycles. The molecule has 0 radical (unpaired) electrons. The average Bonchev–Trinajstić information content (AvgIpc) is 2.05. The molecule has 0 aliphatic rings. The Labute approximate surface area is 79.6 Å². The van der Waals surface area contributed by atoms with Gasteiger partial charge in [0.2, 0.25) is 0 Å². The highest BCUT2D eigenvalue weighted by atomic mass is 79.9. The maximum absolute atomic E-state index is 9.51. The van der Waals surface area contributed by atoms with Crippen molar-refractivity contribution >= 4 is 15.9 Å². The van der Waals surface area contributed by atoms with Crippen molar-refractivity contribution in [3.8, 4) is 6.07 Å². The van der Waals surface area contributed by atoms with Crippen LogP contribution in [0.25, 0.3) is 0 Å². The molecule has 0 heterocycles. The molecule has 0 spiro atoms. The first kappa shape index (κ1) is 9.24. The fraction of sp³-hybridized carbons (Fsp3) is 0.222. The van der Waals surface area contributed by atoms with Crippen molar-refractivity contribution in [3.05, 3.63) is 34.3 Å². The summed E-state index contributed by atoms with van der Waals surface area (Å²) in [5, 5.41) is 18.1. The van der Waals surface area contributed by atoms with Gasteiger partial charge in [-0.3, -0.25) is 0 Å². The Bertz CT molecular complexity index is 310. The van der Waals surface area contributed by atoms with Gasteiger partial charge in [0.05, 0.1) is 0 Å². The summed E-state index contributed by atoms with van der Waals surface area (Å²) < 4.78 is 0.931. The van der Waals surface area contributed by atoms with Gasteiger partial charge in [0.25, 0.3) is 0 Å². The van der Waals surface area contributed by atoms with Crippen molar-refractivity contribution in [1.29, 1.82) is 5.26 Å². The third kappa shape index (κ3) is 1.84. The number of halogens is 1. The van der Waals surface area contributed by atoms with Crippen LogP contribution in [0.3, 0.4) is 0 Å². The summed E-state index contributed by atoms with van der Waals surface area (Å²) in [6, 6.07) is 8.83. The normalized spacial score (nSPS) is 14.8. The van der Waals surface area contributed by atoms with E-state index in [2.05, 4.69) is 15.9 Å². The molecular formula is C9H8BrNO. The maximum Gasteiger partial charge on any atom is 0.173 e. The van der Waals surface area contributed by atoms with Crippen LogP contribution in [0.1, 0.15) is 12.5 Å². The van der Waals surface area contributed by atoms with Crippen molar-refractivity contribution in [2.24, 2.45) is 0 Å². The third-order valence-corrected chi connectivity index (χ3v) is 2.15. The molecule has 3 heteroatoms. The van der Waals surface area contributed by atoms with Crippen molar-refractivity contribution in [3.63, 3.8) is 0 Å². The van der Waals surface area contributed by atoms with Crippen LogP contribution >= 0.6 is 15.9 Å². The molecule has 62 valence electrons. The van der Waals surface area contributed by atoms with Gasteiger partial charge < -0.3 is 5.11 Å². The van der Waals surface area contributed by atoms with Crippen LogP contribution in [0, 0.1) is 11.3 Å². The molecule has 0 fully saturated rings. The van der Waals surface area contributed by atoms with E-state index in [0.29, 0.717) is 5.56 Å². The molecule has 1 unspecified atom stereocenters. The van der Waals surface area contributed by atoms with E-state index in [1.165, 1.54) is 6.92 Å². The predicted octanol–water partition coefficient (Wildman–Crippen LogP) is 2.18. The second kappa shape index (κ2) is 3.26. The van der Waals surface area contributed by atoms with E-state index in [1.54, 1.807) is 24.3 Å². The lowest BCUT2D eigenvalue weighted by Crippen LogP contribution is -2.17. The topological polar surface area (TPSA) is 44.0 Å². The van der Waals surface area contributed by atoms with Crippen LogP contribution in [-0.2, 0) is 5.60 Å². The van der Waals surface area contributed by atoms with E-state index >= 15 is 0 Å². The van der Waals surface area contributed by atoms with Crippen LogP contribution < -0.4 is 0 Å². The average molecular weight is 226 g/mol. The van der Waals surface area contributed by atoms with Gasteiger partial charge in [0, 0.05) is 4.47 Å². The van der Waals surface area contributed by atoms with Crippen molar-refractivity contribution < 1.29 is 5.11 Å². The van der Waals surface area contributed by atoms with Gasteiger partial charge in [-0.15, -0.1) is 0 Å². The van der Waals surface area contributed by atoms with E-state index in [4.69, 9.17) is 5.26 Å². The predicted molar refractivity (Wildman–Crippen MR) is 49.3 cm³/mol. The van der Waals surface area contributed by atoms with E-state index in [0.717, 1.165) is 4.47 Å². The Balaban J connectivity index is 3.07. The second-order valence-electron chi connectivity index (χ2n) is 2.69. The number of nitrogens with zero attached hydrogens (tertiary/aromatic N) is 1. The van der Waals surface area contributed by atoms with E-state index in [1.807, 2.05) is 6.07 Å². The summed E-state index contributed by atoms with van der Waals surface area (Å²) >= 11 is 3.27. The number of aliphatic hydroxyl groups is 1. The lowest BCUT2D eigenvalue weighted by molar-refractivity contribution is 0.119. The summed E-state index contributed by atoms with van der Waals surface area (Å²) in [6.45, 7) is 1.47. The molecule has 0 aliphatic heterocycles. The SMILES string of the molecule is CC(O)(C#N)c1ccc(Br)cc1. The maximum atomic E-state index is 9.51. The zero-order valence-electron chi connectivity index (χ0n) is 6.58. The van der Waals surface area contributed by atoms with Gasteiger partial charge in [0.15, 0.2) is 5.60 Å². The Morgan fingerprint density at radius 2 is 1.92 bits per heavy atom. The monoisotopic (exact) mass is 225 g/mol. The molecule has 0 aliphatic carbocycles. The number of benzene rings is 1. The highest BCUT2D eigenvalue weighted by molar-refractivity contribution is 9.10. The minimum Gasteiger partial charge on any atom is -0.372 e. The Kier molecular flexibility index (Phi) is 2.51. The van der Waals surface area contributed by atoms with Gasteiger partial charge in [-0.1, -0.05) is 28.1 Å². The molecule has 1 aromatic carbocycles. The highest BCUT2D eigenvalue weighted by Crippen LogP contribution is 2.21. The van der Waals surface area contributed by atoms with E-state index in [-0.39, 0.29) is 0 Å². The summed E-state index contributed by atoms with van der Waals surface area (Å²) in [7, 11) is 0. The number of hydrogen-bond acceptors (Lipinski definition) is 2. The van der Waals surface area contributed by atoms with Gasteiger partial charge >= 0.3 is 0 Å². The Morgan fingerprint density at radius 3 is 2.33 bits per heavy atom. The minimum atomic E-state index is -1.39. The zero-order chi connectivity index (χ0) is 9.19. The first-order valence-corrected chi connectivity index (χ1v) is 4.25. The van der Waals surface area contributed by atoms with Crippen LogP contribution in [0.15, 0.2) is 28.7 Å². The lowest BCUT2D eigenvalue weighted by atomic mass is 9.98. The molecular weight excluding hydrogens is 218 g/mol. The molecule has 1 atom stereocenters. The highest BCUT2D eigenvalue weighted by Gasteiger charge is 2.21. The second-order valence-corrected chi connectivity index (χ2v) is 3.61. The Hall–Kier alpha value is -0.850. The Morgan fingerprint density at radius 1 is 1.42 bits per heavy atom. The summed E-state index contributed by atoms with van der Waals surface area (Å²) in [4.78, 5) is 0. The van der Waals surface area contributed by atoms with Gasteiger partial charge in [-0.25, -0.2) is 0 Å². The summed E-state index contributed by atoms with van der Waals surface area (Å²) in [5.74, 6) is 0. The van der Waals surface area contributed by atoms with Crippen LogP contribution in [0.2, 0.25) is 0 Å². The molecule has 0 bridgehead atoms. The van der Waals surface area contributed by atoms with Crippen molar-refractivity contribution in [1.82, 2.24) is 0 Å². The molecule has 1 N–H and O–H groups in total. The largest absolute Gasteiger partial charge is 0.372 e. The van der Waals surface area contributed by atoms with E-state index in [9.17, 15) is 5.11 Å². The third-order valence-electron chi connectivity index (χ3n) is 1.62. The molecule has 12 heavy (non-hydrogen) atoms. The quantitative estimate of drug-likeness (QED) is 0.746. The minimum absolute atomic E-state index is 0.605. The molecule has 1 rings (SSSR count). The molecule has 0 amide bonds. The first-order chi connectivity index (χ1) is 5.56. The molecule has 2 nitrogen and oxygen atoms in total. The summed E-state index contributed by atoms with van der Waals surface area (Å²) in [5.41, 5.74) is -0.783. The lowest BCUT2D eigenvalue weighted by Gasteiger charge is -2.13. The van der Waals surface area contributed by atoms with Gasteiger partial charge in [-0.2, -0.15) is 5.26 Å². The van der Waals surface area contributed by atoms with Gasteiger partial charge in [0.1, 0.15) is 6.07 Å². The fourth-order valence-electron chi connectivity index (χ4n) is 0.839. The first-order valence-electron chi connectivity index (χ1n) is 3.46. The smallest absolute Gasteiger partial charge is 0.173 e. The van der Waals surface area contributed by atoms with E-state index < -0.39 is 5.60 Å². The molecule has 1 aromatic rings. The van der Waals surface area contributed by atoms with Crippen LogP contribution in [-0.4, -0.2) is 5.11 Å². The van der Waals surface area contributed by atoms with Crippen molar-refractivity contribution in [2.75, 3.05) is 0 Å². The number of nitriles is 1. The molecule has 0 aromatic heterocycles. The molecule has 0 saturated carbocycles. The van der Waals surface area contributed by atoms with Crippen LogP contribution in [0.5, 0.6) is 0 Å². The fourth-order valence-corrected chi connectivity index (χ4v) is 1.10. The van der Waals surface area contributed by atoms with Gasteiger partial charge in [-0.05, 0) is 24.6 Å². The van der Waals surface area contributed by atoms with Crippen LogP contribution in [0.4, 0.5) is 0 Å². The van der Waals surface area contributed by atoms with Crippen molar-refractivity contribution in [2.45, 2.75) is 12.5 Å².